The molecule has 0 aromatic rings. The lowest BCUT2D eigenvalue weighted by Gasteiger charge is -2.36. The van der Waals surface area contributed by atoms with E-state index in [-0.39, 0.29) is 17.7 Å². The van der Waals surface area contributed by atoms with Gasteiger partial charge in [-0.3, -0.25) is 19.5 Å². The van der Waals surface area contributed by atoms with Crippen LogP contribution < -0.4 is 16.0 Å². The van der Waals surface area contributed by atoms with E-state index in [9.17, 15) is 9.59 Å². The van der Waals surface area contributed by atoms with Crippen LogP contribution >= 0.6 is 0 Å². The SMILES string of the molecule is CN=C(NCCNC(=O)C(C)C)N1CCN(CC(=O)NCCOC)CC1. The summed E-state index contributed by atoms with van der Waals surface area (Å²) in [6.07, 6.45) is 0. The van der Waals surface area contributed by atoms with Gasteiger partial charge in [0.15, 0.2) is 5.96 Å². The Morgan fingerprint density at radius 1 is 1.04 bits per heavy atom. The number of nitrogens with one attached hydrogen (secondary N) is 3. The van der Waals surface area contributed by atoms with E-state index >= 15 is 0 Å². The number of carbonyl (C=O) groups excluding carboxylic acids is 2. The molecule has 0 atom stereocenters. The Kier molecular flexibility index (Phi) is 10.6. The molecular weight excluding hydrogens is 336 g/mol. The summed E-state index contributed by atoms with van der Waals surface area (Å²) in [5.74, 6) is 0.903. The molecule has 0 aromatic heterocycles. The number of guanidine groups is 1. The van der Waals surface area contributed by atoms with Crippen LogP contribution in [0.15, 0.2) is 4.99 Å². The molecule has 1 rings (SSSR count). The normalized spacial score (nSPS) is 15.9. The Hall–Kier alpha value is -1.87. The summed E-state index contributed by atoms with van der Waals surface area (Å²) >= 11 is 0. The maximum absolute atomic E-state index is 11.8. The lowest BCUT2D eigenvalue weighted by Crippen LogP contribution is -2.54. The zero-order valence-electron chi connectivity index (χ0n) is 16.5. The van der Waals surface area contributed by atoms with Gasteiger partial charge in [0, 0.05) is 65.9 Å². The van der Waals surface area contributed by atoms with Crippen molar-refractivity contribution in [3.05, 3.63) is 0 Å². The first-order valence-corrected chi connectivity index (χ1v) is 9.19. The lowest BCUT2D eigenvalue weighted by atomic mass is 10.2. The molecule has 9 nitrogen and oxygen atoms in total. The molecule has 0 unspecified atom stereocenters. The topological polar surface area (TPSA) is 98.3 Å². The van der Waals surface area contributed by atoms with Crippen molar-refractivity contribution in [2.24, 2.45) is 10.9 Å². The Bertz CT molecular complexity index is 461. The van der Waals surface area contributed by atoms with Gasteiger partial charge in [-0.1, -0.05) is 13.8 Å². The van der Waals surface area contributed by atoms with Crippen molar-refractivity contribution in [2.45, 2.75) is 13.8 Å². The van der Waals surface area contributed by atoms with E-state index in [1.165, 1.54) is 0 Å². The monoisotopic (exact) mass is 370 g/mol. The molecule has 1 aliphatic rings. The van der Waals surface area contributed by atoms with Gasteiger partial charge in [0.1, 0.15) is 0 Å². The van der Waals surface area contributed by atoms with Crippen molar-refractivity contribution < 1.29 is 14.3 Å². The van der Waals surface area contributed by atoms with Crippen LogP contribution in [0, 0.1) is 5.92 Å². The van der Waals surface area contributed by atoms with E-state index in [4.69, 9.17) is 4.74 Å². The third kappa shape index (κ3) is 8.48. The Balaban J connectivity index is 2.25. The minimum atomic E-state index is -0.00547. The number of amides is 2. The molecule has 2 amide bonds. The van der Waals surface area contributed by atoms with Gasteiger partial charge < -0.3 is 25.6 Å². The quantitative estimate of drug-likeness (QED) is 0.266. The predicted molar refractivity (Wildman–Crippen MR) is 102 cm³/mol. The number of carbonyl (C=O) groups is 2. The maximum atomic E-state index is 11.8. The van der Waals surface area contributed by atoms with Crippen molar-refractivity contribution in [3.8, 4) is 0 Å². The molecule has 0 radical (unpaired) electrons. The number of aliphatic imine (C=N–C) groups is 1. The van der Waals surface area contributed by atoms with Crippen LogP contribution in [-0.4, -0.2) is 101 Å². The van der Waals surface area contributed by atoms with Gasteiger partial charge in [0.2, 0.25) is 11.8 Å². The van der Waals surface area contributed by atoms with Gasteiger partial charge >= 0.3 is 0 Å². The zero-order chi connectivity index (χ0) is 19.4. The van der Waals surface area contributed by atoms with Gasteiger partial charge in [0.05, 0.1) is 13.2 Å². The molecule has 1 fully saturated rings. The highest BCUT2D eigenvalue weighted by molar-refractivity contribution is 5.80. The molecule has 3 N–H and O–H groups in total. The molecule has 0 aliphatic carbocycles. The van der Waals surface area contributed by atoms with Gasteiger partial charge in [-0.15, -0.1) is 0 Å². The molecule has 0 spiro atoms. The van der Waals surface area contributed by atoms with Crippen LogP contribution in [-0.2, 0) is 14.3 Å². The van der Waals surface area contributed by atoms with Gasteiger partial charge in [-0.2, -0.15) is 0 Å². The number of hydrogen-bond donors (Lipinski definition) is 3. The summed E-state index contributed by atoms with van der Waals surface area (Å²) in [6, 6.07) is 0. The standard InChI is InChI=1S/C17H34N6O3/c1-14(2)16(25)20-5-6-21-17(18-3)23-10-8-22(9-11-23)13-15(24)19-7-12-26-4/h14H,5-13H2,1-4H3,(H,18,21)(H,19,24)(H,20,25). The third-order valence-electron chi connectivity index (χ3n) is 4.11. The number of methoxy groups -OCH3 is 1. The van der Waals surface area contributed by atoms with E-state index in [1.54, 1.807) is 14.2 Å². The van der Waals surface area contributed by atoms with Crippen LogP contribution in [0.3, 0.4) is 0 Å². The average Bonchev–Trinajstić information content (AvgIpc) is 2.62. The minimum absolute atomic E-state index is 0.00547. The molecule has 1 heterocycles. The first-order chi connectivity index (χ1) is 12.5. The number of nitrogens with zero attached hydrogens (tertiary/aromatic N) is 3. The van der Waals surface area contributed by atoms with Crippen LogP contribution in [0.1, 0.15) is 13.8 Å². The van der Waals surface area contributed by atoms with Crippen LogP contribution in [0.25, 0.3) is 0 Å². The number of rotatable bonds is 9. The van der Waals surface area contributed by atoms with Gasteiger partial charge in [-0.05, 0) is 0 Å². The van der Waals surface area contributed by atoms with E-state index in [0.29, 0.717) is 32.8 Å². The molecule has 150 valence electrons. The fourth-order valence-electron chi connectivity index (χ4n) is 2.57. The van der Waals surface area contributed by atoms with Crippen molar-refractivity contribution in [2.75, 3.05) is 73.1 Å². The molecule has 1 saturated heterocycles. The molecule has 0 saturated carbocycles. The molecule has 9 heteroatoms. The summed E-state index contributed by atoms with van der Waals surface area (Å²) < 4.78 is 4.92. The molecule has 1 aliphatic heterocycles. The highest BCUT2D eigenvalue weighted by Gasteiger charge is 2.20. The highest BCUT2D eigenvalue weighted by atomic mass is 16.5. The number of piperazine rings is 1. The van der Waals surface area contributed by atoms with Crippen LogP contribution in [0.2, 0.25) is 0 Å². The lowest BCUT2D eigenvalue weighted by molar-refractivity contribution is -0.124. The average molecular weight is 370 g/mol. The minimum Gasteiger partial charge on any atom is -0.383 e. The van der Waals surface area contributed by atoms with Gasteiger partial charge in [-0.25, -0.2) is 0 Å². The highest BCUT2D eigenvalue weighted by Crippen LogP contribution is 2.02. The van der Waals surface area contributed by atoms with Crippen molar-refractivity contribution in [1.82, 2.24) is 25.8 Å². The maximum Gasteiger partial charge on any atom is 0.234 e. The third-order valence-corrected chi connectivity index (χ3v) is 4.11. The Labute approximate surface area is 156 Å². The molecule has 0 aromatic carbocycles. The van der Waals surface area contributed by atoms with Gasteiger partial charge in [0.25, 0.3) is 0 Å². The summed E-state index contributed by atoms with van der Waals surface area (Å²) in [5.41, 5.74) is 0. The second kappa shape index (κ2) is 12.5. The largest absolute Gasteiger partial charge is 0.383 e. The molecule has 26 heavy (non-hydrogen) atoms. The fraction of sp³-hybridized carbons (Fsp3) is 0.824. The number of hydrogen-bond acceptors (Lipinski definition) is 5. The predicted octanol–water partition coefficient (Wildman–Crippen LogP) is -1.29. The second-order valence-corrected chi connectivity index (χ2v) is 6.53. The summed E-state index contributed by atoms with van der Waals surface area (Å²) in [5, 5.41) is 8.99. The summed E-state index contributed by atoms with van der Waals surface area (Å²) in [7, 11) is 3.37. The van der Waals surface area contributed by atoms with Crippen LogP contribution in [0.5, 0.6) is 0 Å². The fourth-order valence-corrected chi connectivity index (χ4v) is 2.57. The van der Waals surface area contributed by atoms with E-state index in [1.807, 2.05) is 13.8 Å². The van der Waals surface area contributed by atoms with E-state index in [0.717, 1.165) is 32.1 Å². The van der Waals surface area contributed by atoms with Crippen molar-refractivity contribution in [1.29, 1.82) is 0 Å². The first kappa shape index (κ1) is 22.2. The van der Waals surface area contributed by atoms with Crippen molar-refractivity contribution >= 4 is 17.8 Å². The molecule has 0 bridgehead atoms. The number of ether oxygens (including phenoxy) is 1. The molecular formula is C17H34N6O3. The summed E-state index contributed by atoms with van der Waals surface area (Å²) in [6.45, 7) is 9.66. The summed E-state index contributed by atoms with van der Waals surface area (Å²) in [4.78, 5) is 32.0. The Morgan fingerprint density at radius 2 is 1.69 bits per heavy atom. The van der Waals surface area contributed by atoms with Crippen LogP contribution in [0.4, 0.5) is 0 Å². The second-order valence-electron chi connectivity index (χ2n) is 6.53. The smallest absolute Gasteiger partial charge is 0.234 e. The Morgan fingerprint density at radius 3 is 2.27 bits per heavy atom. The van der Waals surface area contributed by atoms with E-state index in [2.05, 4.69) is 30.7 Å². The van der Waals surface area contributed by atoms with E-state index < -0.39 is 0 Å². The zero-order valence-corrected chi connectivity index (χ0v) is 16.5. The first-order valence-electron chi connectivity index (χ1n) is 9.19. The van der Waals surface area contributed by atoms with Crippen molar-refractivity contribution in [3.63, 3.8) is 0 Å².